The molecule has 1 aromatic carbocycles. The van der Waals surface area contributed by atoms with Crippen LogP contribution < -0.4 is 10.1 Å². The van der Waals surface area contributed by atoms with Gasteiger partial charge in [-0.05, 0) is 31.2 Å². The van der Waals surface area contributed by atoms with E-state index < -0.39 is 17.9 Å². The molecule has 0 aliphatic rings. The molecule has 0 fully saturated rings. The molecule has 2 heterocycles. The zero-order valence-electron chi connectivity index (χ0n) is 13.6. The second-order valence-electron chi connectivity index (χ2n) is 5.22. The monoisotopic (exact) mass is 342 g/mol. The molecule has 128 valence electrons. The van der Waals surface area contributed by atoms with Gasteiger partial charge < -0.3 is 14.6 Å². The van der Waals surface area contributed by atoms with Crippen molar-refractivity contribution in [1.29, 1.82) is 0 Å². The van der Waals surface area contributed by atoms with E-state index in [-0.39, 0.29) is 11.5 Å². The highest BCUT2D eigenvalue weighted by atomic mass is 19.1. The molecule has 1 N–H and O–H groups in total. The van der Waals surface area contributed by atoms with Gasteiger partial charge in [0.2, 0.25) is 17.7 Å². The second-order valence-corrected chi connectivity index (χ2v) is 5.22. The number of aromatic nitrogens is 3. The summed E-state index contributed by atoms with van der Waals surface area (Å²) in [7, 11) is 1.55. The summed E-state index contributed by atoms with van der Waals surface area (Å²) in [5.41, 5.74) is 0.916. The van der Waals surface area contributed by atoms with Crippen molar-refractivity contribution in [2.45, 2.75) is 13.0 Å². The number of pyridine rings is 1. The van der Waals surface area contributed by atoms with Crippen molar-refractivity contribution in [3.8, 4) is 17.1 Å². The Morgan fingerprint density at radius 2 is 2.08 bits per heavy atom. The third-order valence-electron chi connectivity index (χ3n) is 3.50. The number of halogens is 1. The lowest BCUT2D eigenvalue weighted by molar-refractivity contribution is 0.0932. The Morgan fingerprint density at radius 3 is 2.80 bits per heavy atom. The predicted octanol–water partition coefficient (Wildman–Crippen LogP) is 2.77. The van der Waals surface area contributed by atoms with E-state index in [4.69, 9.17) is 9.26 Å². The van der Waals surface area contributed by atoms with Gasteiger partial charge in [-0.15, -0.1) is 0 Å². The molecule has 0 aliphatic carbocycles. The minimum absolute atomic E-state index is 0.234. The van der Waals surface area contributed by atoms with Gasteiger partial charge in [0.05, 0.1) is 18.2 Å². The maximum Gasteiger partial charge on any atom is 0.253 e. The normalized spacial score (nSPS) is 11.8. The van der Waals surface area contributed by atoms with E-state index in [1.54, 1.807) is 26.2 Å². The second kappa shape index (κ2) is 7.08. The van der Waals surface area contributed by atoms with Crippen LogP contribution in [-0.4, -0.2) is 28.1 Å². The molecule has 1 amide bonds. The van der Waals surface area contributed by atoms with Crippen molar-refractivity contribution >= 4 is 5.91 Å². The highest BCUT2D eigenvalue weighted by Gasteiger charge is 2.19. The highest BCUT2D eigenvalue weighted by molar-refractivity contribution is 5.94. The fraction of sp³-hybridized carbons (Fsp3) is 0.176. The van der Waals surface area contributed by atoms with Crippen LogP contribution in [0.3, 0.4) is 0 Å². The Bertz CT molecular complexity index is 880. The van der Waals surface area contributed by atoms with Crippen LogP contribution in [-0.2, 0) is 0 Å². The van der Waals surface area contributed by atoms with Crippen LogP contribution in [0.15, 0.2) is 47.1 Å². The van der Waals surface area contributed by atoms with E-state index in [1.807, 2.05) is 12.1 Å². The van der Waals surface area contributed by atoms with Crippen LogP contribution in [0.25, 0.3) is 11.4 Å². The van der Waals surface area contributed by atoms with Crippen LogP contribution in [0.4, 0.5) is 4.39 Å². The minimum atomic E-state index is -0.650. The number of ether oxygens (including phenoxy) is 1. The molecule has 0 saturated carbocycles. The number of carbonyl (C=O) groups excluding carboxylic acids is 1. The molecule has 3 rings (SSSR count). The first kappa shape index (κ1) is 16.6. The SMILES string of the molecule is COc1ccccc1-c1noc(C(C)NC(=O)c2ccc(F)nc2)n1. The topological polar surface area (TPSA) is 90.1 Å². The molecule has 0 aliphatic heterocycles. The van der Waals surface area contributed by atoms with Crippen LogP contribution in [0.1, 0.15) is 29.2 Å². The van der Waals surface area contributed by atoms with Gasteiger partial charge in [0.25, 0.3) is 5.91 Å². The van der Waals surface area contributed by atoms with Gasteiger partial charge in [-0.25, -0.2) is 4.98 Å². The Balaban J connectivity index is 1.75. The molecule has 7 nitrogen and oxygen atoms in total. The first-order valence-electron chi connectivity index (χ1n) is 7.48. The summed E-state index contributed by atoms with van der Waals surface area (Å²) in [6.07, 6.45) is 1.16. The number of amides is 1. The molecular weight excluding hydrogens is 327 g/mol. The van der Waals surface area contributed by atoms with Gasteiger partial charge in [-0.2, -0.15) is 9.37 Å². The van der Waals surface area contributed by atoms with Crippen molar-refractivity contribution in [1.82, 2.24) is 20.4 Å². The summed E-state index contributed by atoms with van der Waals surface area (Å²) < 4.78 is 23.3. The van der Waals surface area contributed by atoms with E-state index >= 15 is 0 Å². The molecule has 25 heavy (non-hydrogen) atoms. The number of nitrogens with zero attached hydrogens (tertiary/aromatic N) is 3. The average molecular weight is 342 g/mol. The number of para-hydroxylation sites is 1. The first-order chi connectivity index (χ1) is 12.1. The fourth-order valence-corrected chi connectivity index (χ4v) is 2.20. The number of hydrogen-bond acceptors (Lipinski definition) is 6. The number of carbonyl (C=O) groups is 1. The molecule has 3 aromatic rings. The number of methoxy groups -OCH3 is 1. The molecule has 0 bridgehead atoms. The molecule has 0 spiro atoms. The summed E-state index contributed by atoms with van der Waals surface area (Å²) in [6.45, 7) is 1.70. The Kier molecular flexibility index (Phi) is 4.69. The van der Waals surface area contributed by atoms with Crippen LogP contribution in [0.5, 0.6) is 5.75 Å². The molecule has 0 saturated heterocycles. The van der Waals surface area contributed by atoms with Crippen LogP contribution in [0, 0.1) is 5.95 Å². The lowest BCUT2D eigenvalue weighted by Crippen LogP contribution is -2.27. The average Bonchev–Trinajstić information content (AvgIpc) is 3.12. The Hall–Kier alpha value is -3.29. The van der Waals surface area contributed by atoms with Gasteiger partial charge in [0.1, 0.15) is 11.8 Å². The van der Waals surface area contributed by atoms with Gasteiger partial charge in [-0.1, -0.05) is 17.3 Å². The fourth-order valence-electron chi connectivity index (χ4n) is 2.20. The quantitative estimate of drug-likeness (QED) is 0.717. The Morgan fingerprint density at radius 1 is 1.28 bits per heavy atom. The van der Waals surface area contributed by atoms with Gasteiger partial charge in [0.15, 0.2) is 0 Å². The summed E-state index contributed by atoms with van der Waals surface area (Å²) in [5, 5.41) is 6.62. The van der Waals surface area contributed by atoms with Gasteiger partial charge in [0, 0.05) is 6.20 Å². The lowest BCUT2D eigenvalue weighted by Gasteiger charge is -2.09. The van der Waals surface area contributed by atoms with Crippen LogP contribution in [0.2, 0.25) is 0 Å². The zero-order valence-corrected chi connectivity index (χ0v) is 13.6. The van der Waals surface area contributed by atoms with E-state index in [2.05, 4.69) is 20.4 Å². The first-order valence-corrected chi connectivity index (χ1v) is 7.48. The van der Waals surface area contributed by atoms with E-state index in [9.17, 15) is 9.18 Å². The summed E-state index contributed by atoms with van der Waals surface area (Å²) >= 11 is 0. The minimum Gasteiger partial charge on any atom is -0.496 e. The maximum atomic E-state index is 12.8. The van der Waals surface area contributed by atoms with Crippen molar-refractivity contribution in [2.24, 2.45) is 0 Å². The van der Waals surface area contributed by atoms with Gasteiger partial charge >= 0.3 is 0 Å². The number of nitrogens with one attached hydrogen (secondary N) is 1. The largest absolute Gasteiger partial charge is 0.496 e. The number of rotatable bonds is 5. The van der Waals surface area contributed by atoms with E-state index in [1.165, 1.54) is 6.07 Å². The third kappa shape index (κ3) is 3.63. The summed E-state index contributed by atoms with van der Waals surface area (Å²) in [5.74, 6) is 0.144. The standard InChI is InChI=1S/C17H15FN4O3/c1-10(20-16(23)11-7-8-14(18)19-9-11)17-21-15(22-25-17)12-5-3-4-6-13(12)24-2/h3-10H,1-2H3,(H,20,23). The Labute approximate surface area is 142 Å². The van der Waals surface area contributed by atoms with Crippen LogP contribution >= 0.6 is 0 Å². The molecular formula is C17H15FN4O3. The summed E-state index contributed by atoms with van der Waals surface area (Å²) in [6, 6.07) is 9.20. The molecule has 8 heteroatoms. The number of hydrogen-bond donors (Lipinski definition) is 1. The van der Waals surface area contributed by atoms with Crippen molar-refractivity contribution in [3.05, 3.63) is 60.0 Å². The third-order valence-corrected chi connectivity index (χ3v) is 3.50. The summed E-state index contributed by atoms with van der Waals surface area (Å²) in [4.78, 5) is 19.9. The van der Waals surface area contributed by atoms with E-state index in [0.717, 1.165) is 12.3 Å². The molecule has 0 radical (unpaired) electrons. The molecule has 1 unspecified atom stereocenters. The zero-order chi connectivity index (χ0) is 17.8. The predicted molar refractivity (Wildman–Crippen MR) is 86.4 cm³/mol. The number of benzene rings is 1. The van der Waals surface area contributed by atoms with Gasteiger partial charge in [-0.3, -0.25) is 4.79 Å². The van der Waals surface area contributed by atoms with Crippen molar-refractivity contribution in [2.75, 3.05) is 7.11 Å². The highest BCUT2D eigenvalue weighted by Crippen LogP contribution is 2.27. The lowest BCUT2D eigenvalue weighted by atomic mass is 10.2. The smallest absolute Gasteiger partial charge is 0.253 e. The van der Waals surface area contributed by atoms with Crippen molar-refractivity contribution in [3.63, 3.8) is 0 Å². The molecule has 2 aromatic heterocycles. The van der Waals surface area contributed by atoms with E-state index in [0.29, 0.717) is 17.1 Å². The maximum absolute atomic E-state index is 12.8. The molecule has 1 atom stereocenters. The van der Waals surface area contributed by atoms with Crippen molar-refractivity contribution < 1.29 is 18.4 Å².